The van der Waals surface area contributed by atoms with Gasteiger partial charge in [-0.05, 0) is 91.0 Å². The number of fused-ring (bicyclic) bond motifs is 10. The Hall–Kier alpha value is -4.88. The molecule has 8 rings (SSSR count). The number of nitrogens with zero attached hydrogens (tertiary/aromatic N) is 1. The Bertz CT molecular complexity index is 2030. The number of hydrogen-bond acceptors (Lipinski definition) is 1. The number of benzene rings is 7. The van der Waals surface area contributed by atoms with E-state index in [1.165, 1.54) is 54.6 Å². The van der Waals surface area contributed by atoms with Gasteiger partial charge in [-0.1, -0.05) is 117 Å². The second-order valence-electron chi connectivity index (χ2n) is 11.4. The zero-order chi connectivity index (χ0) is 26.8. The molecule has 0 radical (unpaired) electrons. The van der Waals surface area contributed by atoms with Crippen molar-refractivity contribution in [3.63, 3.8) is 0 Å². The first-order valence-corrected chi connectivity index (χ1v) is 14.0. The number of para-hydroxylation sites is 2. The van der Waals surface area contributed by atoms with Crippen molar-refractivity contribution in [2.45, 2.75) is 19.3 Å². The fourth-order valence-corrected chi connectivity index (χ4v) is 7.05. The van der Waals surface area contributed by atoms with Gasteiger partial charge < -0.3 is 4.90 Å². The maximum atomic E-state index is 2.39. The van der Waals surface area contributed by atoms with Gasteiger partial charge in [0.1, 0.15) is 0 Å². The van der Waals surface area contributed by atoms with E-state index in [0.717, 1.165) is 17.1 Å². The van der Waals surface area contributed by atoms with Gasteiger partial charge in [-0.3, -0.25) is 0 Å². The first-order chi connectivity index (χ1) is 19.6. The number of rotatable bonds is 3. The van der Waals surface area contributed by atoms with Crippen LogP contribution in [0, 0.1) is 0 Å². The van der Waals surface area contributed by atoms with Crippen molar-refractivity contribution < 1.29 is 0 Å². The van der Waals surface area contributed by atoms with E-state index >= 15 is 0 Å². The molecule has 1 heteroatoms. The molecule has 0 bridgehead atoms. The highest BCUT2D eigenvalue weighted by atomic mass is 15.1. The number of hydrogen-bond donors (Lipinski definition) is 0. The van der Waals surface area contributed by atoms with Crippen LogP contribution in [0.2, 0.25) is 0 Å². The maximum Gasteiger partial charge on any atom is 0.0468 e. The molecule has 40 heavy (non-hydrogen) atoms. The van der Waals surface area contributed by atoms with Crippen LogP contribution in [0.5, 0.6) is 0 Å². The average molecular weight is 512 g/mol. The topological polar surface area (TPSA) is 3.24 Å². The molecular weight excluding hydrogens is 482 g/mol. The van der Waals surface area contributed by atoms with Gasteiger partial charge in [-0.2, -0.15) is 0 Å². The van der Waals surface area contributed by atoms with Crippen LogP contribution in [0.4, 0.5) is 17.1 Å². The Morgan fingerprint density at radius 3 is 1.80 bits per heavy atom. The molecule has 0 fully saturated rings. The third-order valence-electron chi connectivity index (χ3n) is 8.77. The third kappa shape index (κ3) is 3.21. The van der Waals surface area contributed by atoms with E-state index in [0.29, 0.717) is 0 Å². The molecule has 0 aliphatic heterocycles. The van der Waals surface area contributed by atoms with E-state index in [-0.39, 0.29) is 5.41 Å². The zero-order valence-corrected chi connectivity index (χ0v) is 22.7. The second-order valence-corrected chi connectivity index (χ2v) is 11.4. The summed E-state index contributed by atoms with van der Waals surface area (Å²) in [4.78, 5) is 2.34. The van der Waals surface area contributed by atoms with Crippen LogP contribution in [-0.2, 0) is 5.41 Å². The van der Waals surface area contributed by atoms with Gasteiger partial charge in [0.2, 0.25) is 0 Å². The van der Waals surface area contributed by atoms with E-state index in [9.17, 15) is 0 Å². The number of anilines is 3. The summed E-state index contributed by atoms with van der Waals surface area (Å²) >= 11 is 0. The summed E-state index contributed by atoms with van der Waals surface area (Å²) in [5.74, 6) is 0. The molecule has 0 aromatic heterocycles. The Kier molecular flexibility index (Phi) is 4.93. The third-order valence-corrected chi connectivity index (χ3v) is 8.77. The molecule has 0 saturated carbocycles. The molecular formula is C39H29N. The summed E-state index contributed by atoms with van der Waals surface area (Å²) in [6, 6.07) is 50.9. The lowest BCUT2D eigenvalue weighted by molar-refractivity contribution is 0.666. The van der Waals surface area contributed by atoms with Crippen LogP contribution in [-0.4, -0.2) is 0 Å². The van der Waals surface area contributed by atoms with Gasteiger partial charge in [-0.25, -0.2) is 0 Å². The van der Waals surface area contributed by atoms with Gasteiger partial charge in [0.25, 0.3) is 0 Å². The summed E-state index contributed by atoms with van der Waals surface area (Å²) in [7, 11) is 0. The summed E-state index contributed by atoms with van der Waals surface area (Å²) in [5, 5.41) is 7.93. The van der Waals surface area contributed by atoms with Crippen LogP contribution < -0.4 is 4.90 Å². The van der Waals surface area contributed by atoms with Crippen molar-refractivity contribution in [3.8, 4) is 11.1 Å². The zero-order valence-electron chi connectivity index (χ0n) is 22.7. The van der Waals surface area contributed by atoms with Crippen molar-refractivity contribution >= 4 is 49.4 Å². The van der Waals surface area contributed by atoms with E-state index in [1.807, 2.05) is 0 Å². The van der Waals surface area contributed by atoms with E-state index in [4.69, 9.17) is 0 Å². The van der Waals surface area contributed by atoms with Crippen LogP contribution in [0.15, 0.2) is 140 Å². The van der Waals surface area contributed by atoms with Gasteiger partial charge >= 0.3 is 0 Å². The standard InChI is InChI=1S/C39H29N/c1-39(2)35-20-12-11-19-33(35)37-32-18-10-9-17-31(32)36-30-24-22-29(25-26(30)21-23-34(36)38(37)39)40(27-13-5-3-6-14-27)28-15-7-4-8-16-28/h3-25H,1-2H3. The Morgan fingerprint density at radius 1 is 0.475 bits per heavy atom. The van der Waals surface area contributed by atoms with Crippen molar-refractivity contribution in [1.29, 1.82) is 0 Å². The molecule has 7 aromatic carbocycles. The highest BCUT2D eigenvalue weighted by Gasteiger charge is 2.38. The minimum atomic E-state index is -0.0702. The molecule has 0 N–H and O–H groups in total. The second kappa shape index (κ2) is 8.56. The van der Waals surface area contributed by atoms with E-state index in [2.05, 4.69) is 158 Å². The summed E-state index contributed by atoms with van der Waals surface area (Å²) in [5.41, 5.74) is 9.02. The molecule has 0 unspecified atom stereocenters. The summed E-state index contributed by atoms with van der Waals surface area (Å²) < 4.78 is 0. The lowest BCUT2D eigenvalue weighted by atomic mass is 9.78. The summed E-state index contributed by atoms with van der Waals surface area (Å²) in [6.07, 6.45) is 0. The molecule has 1 nitrogen and oxygen atoms in total. The molecule has 7 aromatic rings. The molecule has 1 aliphatic carbocycles. The fourth-order valence-electron chi connectivity index (χ4n) is 7.05. The summed E-state index contributed by atoms with van der Waals surface area (Å²) in [6.45, 7) is 4.77. The Labute approximate surface area is 234 Å². The predicted molar refractivity (Wildman–Crippen MR) is 171 cm³/mol. The molecule has 0 spiro atoms. The van der Waals surface area contributed by atoms with Crippen LogP contribution in [0.25, 0.3) is 43.4 Å². The van der Waals surface area contributed by atoms with Crippen molar-refractivity contribution in [2.75, 3.05) is 4.90 Å². The van der Waals surface area contributed by atoms with Gasteiger partial charge in [0.15, 0.2) is 0 Å². The Balaban J connectivity index is 1.43. The molecule has 190 valence electrons. The van der Waals surface area contributed by atoms with Crippen LogP contribution in [0.1, 0.15) is 25.0 Å². The first kappa shape index (κ1) is 23.0. The van der Waals surface area contributed by atoms with E-state index in [1.54, 1.807) is 0 Å². The Morgan fingerprint density at radius 2 is 1.07 bits per heavy atom. The van der Waals surface area contributed by atoms with Gasteiger partial charge in [0, 0.05) is 22.5 Å². The normalized spacial score (nSPS) is 13.4. The predicted octanol–water partition coefficient (Wildman–Crippen LogP) is 10.9. The maximum absolute atomic E-state index is 2.39. The van der Waals surface area contributed by atoms with Crippen molar-refractivity contribution in [2.24, 2.45) is 0 Å². The minimum Gasteiger partial charge on any atom is -0.310 e. The van der Waals surface area contributed by atoms with Crippen LogP contribution >= 0.6 is 0 Å². The smallest absolute Gasteiger partial charge is 0.0468 e. The minimum absolute atomic E-state index is 0.0702. The SMILES string of the molecule is CC1(C)c2ccccc2-c2c1c1ccc3cc(N(c4ccccc4)c4ccccc4)ccc3c1c1ccccc21. The average Bonchev–Trinajstić information content (AvgIpc) is 3.25. The van der Waals surface area contributed by atoms with Crippen molar-refractivity contribution in [1.82, 2.24) is 0 Å². The molecule has 0 amide bonds. The highest BCUT2D eigenvalue weighted by molar-refractivity contribution is 6.26. The highest BCUT2D eigenvalue weighted by Crippen LogP contribution is 2.55. The molecule has 1 aliphatic rings. The first-order valence-electron chi connectivity index (χ1n) is 14.0. The van der Waals surface area contributed by atoms with Crippen molar-refractivity contribution in [3.05, 3.63) is 151 Å². The fraction of sp³-hybridized carbons (Fsp3) is 0.0769. The lowest BCUT2D eigenvalue weighted by Gasteiger charge is -2.26. The molecule has 0 saturated heterocycles. The lowest BCUT2D eigenvalue weighted by Crippen LogP contribution is -2.15. The monoisotopic (exact) mass is 511 g/mol. The van der Waals surface area contributed by atoms with Gasteiger partial charge in [0.05, 0.1) is 0 Å². The molecule has 0 atom stereocenters. The van der Waals surface area contributed by atoms with E-state index < -0.39 is 0 Å². The largest absolute Gasteiger partial charge is 0.310 e. The van der Waals surface area contributed by atoms with Crippen LogP contribution in [0.3, 0.4) is 0 Å². The quantitative estimate of drug-likeness (QED) is 0.213. The van der Waals surface area contributed by atoms with Gasteiger partial charge in [-0.15, -0.1) is 0 Å². The molecule has 0 heterocycles.